The van der Waals surface area contributed by atoms with E-state index in [1.165, 1.54) is 0 Å². The zero-order valence-electron chi connectivity index (χ0n) is 12.8. The number of rotatable bonds is 2. The molecular formula is C16H21N3O2. The van der Waals surface area contributed by atoms with E-state index in [0.717, 1.165) is 0 Å². The Bertz CT molecular complexity index is 582. The molecular weight excluding hydrogens is 266 g/mol. The average molecular weight is 287 g/mol. The molecule has 0 saturated carbocycles. The van der Waals surface area contributed by atoms with Gasteiger partial charge in [-0.3, -0.25) is 9.69 Å². The molecule has 1 amide bonds. The van der Waals surface area contributed by atoms with Gasteiger partial charge >= 0.3 is 0 Å². The predicted molar refractivity (Wildman–Crippen MR) is 80.0 cm³/mol. The first-order valence-corrected chi connectivity index (χ1v) is 7.11. The topological polar surface area (TPSA) is 67.6 Å². The SMILES string of the molecule is Cc1c(O)cccc1C(=O)N1CCN(C(C)(C)C#N)CC1. The minimum Gasteiger partial charge on any atom is -0.508 e. The predicted octanol–water partition coefficient (Wildman–Crippen LogP) is 1.76. The van der Waals surface area contributed by atoms with E-state index in [4.69, 9.17) is 5.26 Å². The summed E-state index contributed by atoms with van der Waals surface area (Å²) in [6.07, 6.45) is 0. The first-order valence-electron chi connectivity index (χ1n) is 7.11. The van der Waals surface area contributed by atoms with Crippen molar-refractivity contribution in [2.45, 2.75) is 26.3 Å². The van der Waals surface area contributed by atoms with Gasteiger partial charge in [0.25, 0.3) is 5.91 Å². The Hall–Kier alpha value is -2.06. The third-order valence-electron chi connectivity index (χ3n) is 4.17. The molecule has 0 aromatic heterocycles. The highest BCUT2D eigenvalue weighted by Gasteiger charge is 2.31. The number of nitrogens with zero attached hydrogens (tertiary/aromatic N) is 3. The third kappa shape index (κ3) is 3.01. The minimum absolute atomic E-state index is 0.0576. The van der Waals surface area contributed by atoms with Gasteiger partial charge in [-0.2, -0.15) is 5.26 Å². The fraction of sp³-hybridized carbons (Fsp3) is 0.500. The Morgan fingerprint density at radius 2 is 1.90 bits per heavy atom. The molecule has 1 saturated heterocycles. The van der Waals surface area contributed by atoms with Crippen LogP contribution >= 0.6 is 0 Å². The zero-order chi connectivity index (χ0) is 15.6. The molecule has 5 nitrogen and oxygen atoms in total. The highest BCUT2D eigenvalue weighted by molar-refractivity contribution is 5.96. The number of phenolic OH excluding ortho intramolecular Hbond substituents is 1. The number of carbonyl (C=O) groups excluding carboxylic acids is 1. The van der Waals surface area contributed by atoms with Gasteiger partial charge in [0.05, 0.1) is 6.07 Å². The van der Waals surface area contributed by atoms with Crippen LogP contribution in [0.15, 0.2) is 18.2 Å². The Morgan fingerprint density at radius 3 is 2.48 bits per heavy atom. The highest BCUT2D eigenvalue weighted by Crippen LogP contribution is 2.22. The van der Waals surface area contributed by atoms with Crippen LogP contribution in [0.25, 0.3) is 0 Å². The Balaban J connectivity index is 2.08. The van der Waals surface area contributed by atoms with E-state index in [1.54, 1.807) is 30.0 Å². The standard InChI is InChI=1S/C16H21N3O2/c1-12-13(5-4-6-14(12)20)15(21)18-7-9-19(10-8-18)16(2,3)11-17/h4-6,20H,7-10H2,1-3H3. The van der Waals surface area contributed by atoms with Crippen molar-refractivity contribution in [1.29, 1.82) is 5.26 Å². The second kappa shape index (κ2) is 5.74. The quantitative estimate of drug-likeness (QED) is 0.900. The lowest BCUT2D eigenvalue weighted by Crippen LogP contribution is -2.55. The molecule has 1 aromatic carbocycles. The normalized spacial score (nSPS) is 16.6. The summed E-state index contributed by atoms with van der Waals surface area (Å²) in [7, 11) is 0. The molecule has 112 valence electrons. The van der Waals surface area contributed by atoms with Crippen LogP contribution in [-0.4, -0.2) is 52.5 Å². The summed E-state index contributed by atoms with van der Waals surface area (Å²) in [5, 5.41) is 18.9. The van der Waals surface area contributed by atoms with Crippen molar-refractivity contribution in [3.63, 3.8) is 0 Å². The molecule has 1 N–H and O–H groups in total. The number of amides is 1. The van der Waals surface area contributed by atoms with Crippen LogP contribution < -0.4 is 0 Å². The van der Waals surface area contributed by atoms with Crippen molar-refractivity contribution >= 4 is 5.91 Å². The van der Waals surface area contributed by atoms with Crippen LogP contribution in [0.3, 0.4) is 0 Å². The van der Waals surface area contributed by atoms with Crippen molar-refractivity contribution in [2.24, 2.45) is 0 Å². The second-order valence-corrected chi connectivity index (χ2v) is 5.90. The summed E-state index contributed by atoms with van der Waals surface area (Å²) in [6.45, 7) is 8.09. The molecule has 0 unspecified atom stereocenters. The van der Waals surface area contributed by atoms with Crippen molar-refractivity contribution in [3.8, 4) is 11.8 Å². The van der Waals surface area contributed by atoms with Crippen LogP contribution in [0.5, 0.6) is 5.75 Å². The second-order valence-electron chi connectivity index (χ2n) is 5.90. The van der Waals surface area contributed by atoms with E-state index >= 15 is 0 Å². The fourth-order valence-electron chi connectivity index (χ4n) is 2.56. The van der Waals surface area contributed by atoms with Gasteiger partial charge < -0.3 is 10.0 Å². The lowest BCUT2D eigenvalue weighted by Gasteiger charge is -2.40. The van der Waals surface area contributed by atoms with Gasteiger partial charge in [0.15, 0.2) is 0 Å². The lowest BCUT2D eigenvalue weighted by molar-refractivity contribution is 0.0520. The molecule has 1 fully saturated rings. The van der Waals surface area contributed by atoms with Gasteiger partial charge in [0.1, 0.15) is 11.3 Å². The maximum Gasteiger partial charge on any atom is 0.254 e. The first-order chi connectivity index (χ1) is 9.86. The largest absolute Gasteiger partial charge is 0.508 e. The van der Waals surface area contributed by atoms with Crippen LogP contribution in [0.1, 0.15) is 29.8 Å². The zero-order valence-corrected chi connectivity index (χ0v) is 12.8. The van der Waals surface area contributed by atoms with Gasteiger partial charge in [-0.05, 0) is 32.9 Å². The van der Waals surface area contributed by atoms with Gasteiger partial charge in [-0.15, -0.1) is 0 Å². The Kier molecular flexibility index (Phi) is 4.19. The van der Waals surface area contributed by atoms with Crippen molar-refractivity contribution < 1.29 is 9.90 Å². The van der Waals surface area contributed by atoms with Crippen LogP contribution in [0.2, 0.25) is 0 Å². The molecule has 0 aliphatic carbocycles. The number of hydrogen-bond donors (Lipinski definition) is 1. The maximum absolute atomic E-state index is 12.5. The molecule has 1 aliphatic heterocycles. The molecule has 2 rings (SSSR count). The third-order valence-corrected chi connectivity index (χ3v) is 4.17. The van der Waals surface area contributed by atoms with Gasteiger partial charge in [0.2, 0.25) is 0 Å². The Labute approximate surface area is 125 Å². The number of aromatic hydroxyl groups is 1. The smallest absolute Gasteiger partial charge is 0.254 e. The molecule has 5 heteroatoms. The summed E-state index contributed by atoms with van der Waals surface area (Å²) < 4.78 is 0. The highest BCUT2D eigenvalue weighted by atomic mass is 16.3. The van der Waals surface area contributed by atoms with E-state index in [-0.39, 0.29) is 11.7 Å². The van der Waals surface area contributed by atoms with Crippen molar-refractivity contribution in [3.05, 3.63) is 29.3 Å². The molecule has 1 aromatic rings. The lowest BCUT2D eigenvalue weighted by atomic mass is 10.0. The minimum atomic E-state index is -0.504. The molecule has 0 bridgehead atoms. The van der Waals surface area contributed by atoms with E-state index in [2.05, 4.69) is 11.0 Å². The fourth-order valence-corrected chi connectivity index (χ4v) is 2.56. The molecule has 1 heterocycles. The van der Waals surface area contributed by atoms with E-state index in [1.807, 2.05) is 13.8 Å². The van der Waals surface area contributed by atoms with Gasteiger partial charge in [0, 0.05) is 37.3 Å². The summed E-state index contributed by atoms with van der Waals surface area (Å²) in [5.74, 6) is 0.0860. The first kappa shape index (κ1) is 15.3. The van der Waals surface area contributed by atoms with Crippen molar-refractivity contribution in [2.75, 3.05) is 26.2 Å². The maximum atomic E-state index is 12.5. The monoisotopic (exact) mass is 287 g/mol. The molecule has 1 aliphatic rings. The summed E-state index contributed by atoms with van der Waals surface area (Å²) in [4.78, 5) is 16.4. The Morgan fingerprint density at radius 1 is 1.29 bits per heavy atom. The summed E-state index contributed by atoms with van der Waals surface area (Å²) in [6, 6.07) is 7.30. The van der Waals surface area contributed by atoms with Crippen molar-refractivity contribution in [1.82, 2.24) is 9.80 Å². The molecule has 21 heavy (non-hydrogen) atoms. The number of hydrogen-bond acceptors (Lipinski definition) is 4. The summed E-state index contributed by atoms with van der Waals surface area (Å²) >= 11 is 0. The number of piperazine rings is 1. The van der Waals surface area contributed by atoms with Crippen LogP contribution in [0, 0.1) is 18.3 Å². The number of phenols is 1. The summed E-state index contributed by atoms with van der Waals surface area (Å²) in [5.41, 5.74) is 0.654. The van der Waals surface area contributed by atoms with Crippen LogP contribution in [-0.2, 0) is 0 Å². The van der Waals surface area contributed by atoms with Gasteiger partial charge in [-0.25, -0.2) is 0 Å². The van der Waals surface area contributed by atoms with E-state index in [0.29, 0.717) is 37.3 Å². The van der Waals surface area contributed by atoms with Crippen LogP contribution in [0.4, 0.5) is 0 Å². The number of benzene rings is 1. The van der Waals surface area contributed by atoms with E-state index < -0.39 is 5.54 Å². The molecule has 0 atom stereocenters. The number of nitriles is 1. The molecule has 0 radical (unpaired) electrons. The number of carbonyl (C=O) groups is 1. The molecule has 0 spiro atoms. The van der Waals surface area contributed by atoms with Gasteiger partial charge in [-0.1, -0.05) is 6.07 Å². The average Bonchev–Trinajstić information content (AvgIpc) is 2.49. The van der Waals surface area contributed by atoms with E-state index in [9.17, 15) is 9.90 Å².